The molecule has 1 aromatic carbocycles. The van der Waals surface area contributed by atoms with Crippen molar-refractivity contribution in [2.24, 2.45) is 0 Å². The van der Waals surface area contributed by atoms with E-state index >= 15 is 0 Å². The lowest BCUT2D eigenvalue weighted by molar-refractivity contribution is 0.0932. The zero-order chi connectivity index (χ0) is 14.5. The number of alkyl halides is 3. The number of carbonyl (C=O) groups is 2. The quantitative estimate of drug-likeness (QED) is 0.682. The average molecular weight is 325 g/mol. The summed E-state index contributed by atoms with van der Waals surface area (Å²) in [6, 6.07) is 7.86. The van der Waals surface area contributed by atoms with Crippen LogP contribution in [0.15, 0.2) is 30.3 Å². The van der Waals surface area contributed by atoms with E-state index in [1.54, 1.807) is 37.3 Å². The molecule has 0 fully saturated rings. The Morgan fingerprint density at radius 1 is 1.26 bits per heavy atom. The number of amides is 1. The molecule has 0 bridgehead atoms. The predicted octanol–water partition coefficient (Wildman–Crippen LogP) is 3.35. The van der Waals surface area contributed by atoms with Gasteiger partial charge in [-0.1, -0.05) is 65.1 Å². The van der Waals surface area contributed by atoms with Gasteiger partial charge in [-0.3, -0.25) is 4.79 Å². The standard InChI is InChI=1S/C12H12Cl3NO3/c1-8(10(17)9-5-3-2-4-6-9)16-11(18)19-7-12(13,14)15/h2-6,8H,7H2,1H3,(H,16,18)/t8-/m1/s1. The fraction of sp³-hybridized carbons (Fsp3) is 0.333. The topological polar surface area (TPSA) is 55.4 Å². The summed E-state index contributed by atoms with van der Waals surface area (Å²) < 4.78 is 2.99. The first kappa shape index (κ1) is 16.1. The minimum atomic E-state index is -1.68. The van der Waals surface area contributed by atoms with Gasteiger partial charge in [0, 0.05) is 5.56 Å². The van der Waals surface area contributed by atoms with Crippen molar-refractivity contribution in [3.63, 3.8) is 0 Å². The zero-order valence-corrected chi connectivity index (χ0v) is 12.3. The lowest BCUT2D eigenvalue weighted by atomic mass is 10.1. The van der Waals surface area contributed by atoms with Crippen LogP contribution in [0.5, 0.6) is 0 Å². The van der Waals surface area contributed by atoms with Crippen molar-refractivity contribution < 1.29 is 14.3 Å². The summed E-state index contributed by atoms with van der Waals surface area (Å²) >= 11 is 16.3. The van der Waals surface area contributed by atoms with Crippen molar-refractivity contribution in [1.29, 1.82) is 0 Å². The molecular formula is C12H12Cl3NO3. The van der Waals surface area contributed by atoms with E-state index in [2.05, 4.69) is 10.1 Å². The maximum absolute atomic E-state index is 11.9. The fourth-order valence-corrected chi connectivity index (χ4v) is 1.45. The highest BCUT2D eigenvalue weighted by Crippen LogP contribution is 2.25. The summed E-state index contributed by atoms with van der Waals surface area (Å²) in [7, 11) is 0. The zero-order valence-electron chi connectivity index (χ0n) is 10.0. The third-order valence-electron chi connectivity index (χ3n) is 2.15. The second-order valence-corrected chi connectivity index (χ2v) is 6.30. The lowest BCUT2D eigenvalue weighted by Crippen LogP contribution is -2.39. The molecule has 0 saturated carbocycles. The van der Waals surface area contributed by atoms with E-state index < -0.39 is 22.5 Å². The number of Topliss-reactive ketones (excluding diaryl/α,β-unsaturated/α-hetero) is 1. The Hall–Kier alpha value is -0.970. The minimum Gasteiger partial charge on any atom is -0.445 e. The number of hydrogen-bond donors (Lipinski definition) is 1. The predicted molar refractivity (Wildman–Crippen MR) is 75.0 cm³/mol. The third-order valence-corrected chi connectivity index (χ3v) is 2.48. The van der Waals surface area contributed by atoms with Gasteiger partial charge < -0.3 is 10.1 Å². The van der Waals surface area contributed by atoms with Crippen LogP contribution in [0, 0.1) is 0 Å². The first-order chi connectivity index (χ1) is 8.79. The van der Waals surface area contributed by atoms with Gasteiger partial charge in [-0.25, -0.2) is 4.79 Å². The van der Waals surface area contributed by atoms with Crippen LogP contribution in [0.2, 0.25) is 0 Å². The van der Waals surface area contributed by atoms with Gasteiger partial charge in [0.05, 0.1) is 6.04 Å². The lowest BCUT2D eigenvalue weighted by Gasteiger charge is -2.15. The molecule has 0 radical (unpaired) electrons. The van der Waals surface area contributed by atoms with Crippen LogP contribution < -0.4 is 5.32 Å². The van der Waals surface area contributed by atoms with Gasteiger partial charge in [-0.15, -0.1) is 0 Å². The number of rotatable bonds is 4. The smallest absolute Gasteiger partial charge is 0.407 e. The van der Waals surface area contributed by atoms with Crippen LogP contribution in [0.25, 0.3) is 0 Å². The summed E-state index contributed by atoms with van der Waals surface area (Å²) in [4.78, 5) is 23.3. The fourth-order valence-electron chi connectivity index (χ4n) is 1.28. The van der Waals surface area contributed by atoms with Gasteiger partial charge in [-0.2, -0.15) is 0 Å². The summed E-state index contributed by atoms with van der Waals surface area (Å²) in [5.41, 5.74) is 0.497. The number of halogens is 3. The Kier molecular flexibility index (Phi) is 5.91. The Balaban J connectivity index is 2.49. The van der Waals surface area contributed by atoms with E-state index in [4.69, 9.17) is 34.8 Å². The van der Waals surface area contributed by atoms with Crippen molar-refractivity contribution in [3.8, 4) is 0 Å². The van der Waals surface area contributed by atoms with Crippen LogP contribution in [-0.4, -0.2) is 28.3 Å². The molecule has 7 heteroatoms. The van der Waals surface area contributed by atoms with Gasteiger partial charge in [0.25, 0.3) is 0 Å². The van der Waals surface area contributed by atoms with Crippen molar-refractivity contribution in [2.45, 2.75) is 16.8 Å². The monoisotopic (exact) mass is 323 g/mol. The number of ether oxygens (including phenoxy) is 1. The van der Waals surface area contributed by atoms with Crippen LogP contribution in [0.1, 0.15) is 17.3 Å². The molecule has 1 amide bonds. The molecule has 1 rings (SSSR count). The normalized spacial score (nSPS) is 12.6. The SMILES string of the molecule is C[C@@H](NC(=O)OCC(Cl)(Cl)Cl)C(=O)c1ccccc1. The maximum atomic E-state index is 11.9. The van der Waals surface area contributed by atoms with Gasteiger partial charge in [0.15, 0.2) is 5.78 Å². The molecule has 0 aliphatic rings. The van der Waals surface area contributed by atoms with E-state index in [0.717, 1.165) is 0 Å². The summed E-state index contributed by atoms with van der Waals surface area (Å²) in [5.74, 6) is -0.230. The molecule has 104 valence electrons. The van der Waals surface area contributed by atoms with Crippen LogP contribution in [0.4, 0.5) is 4.79 Å². The molecule has 4 nitrogen and oxygen atoms in total. The summed E-state index contributed by atoms with van der Waals surface area (Å²) in [5, 5.41) is 2.36. The Morgan fingerprint density at radius 3 is 2.37 bits per heavy atom. The Morgan fingerprint density at radius 2 is 1.84 bits per heavy atom. The molecule has 0 heterocycles. The molecule has 0 saturated heterocycles. The molecule has 19 heavy (non-hydrogen) atoms. The molecule has 0 unspecified atom stereocenters. The van der Waals surface area contributed by atoms with Gasteiger partial charge in [-0.05, 0) is 6.92 Å². The first-order valence-electron chi connectivity index (χ1n) is 5.39. The second kappa shape index (κ2) is 6.98. The average Bonchev–Trinajstić information content (AvgIpc) is 2.35. The second-order valence-electron chi connectivity index (χ2n) is 3.79. The van der Waals surface area contributed by atoms with E-state index in [9.17, 15) is 9.59 Å². The van der Waals surface area contributed by atoms with Gasteiger partial charge >= 0.3 is 6.09 Å². The van der Waals surface area contributed by atoms with Crippen molar-refractivity contribution >= 4 is 46.7 Å². The van der Waals surface area contributed by atoms with E-state index in [1.165, 1.54) is 0 Å². The molecule has 1 atom stereocenters. The highest BCUT2D eigenvalue weighted by atomic mass is 35.6. The van der Waals surface area contributed by atoms with Gasteiger partial charge in [0.1, 0.15) is 6.61 Å². The number of nitrogens with one attached hydrogen (secondary N) is 1. The highest BCUT2D eigenvalue weighted by molar-refractivity contribution is 6.67. The van der Waals surface area contributed by atoms with Crippen LogP contribution in [-0.2, 0) is 4.74 Å². The van der Waals surface area contributed by atoms with Crippen molar-refractivity contribution in [3.05, 3.63) is 35.9 Å². The molecular weight excluding hydrogens is 312 g/mol. The largest absolute Gasteiger partial charge is 0.445 e. The molecule has 0 spiro atoms. The maximum Gasteiger partial charge on any atom is 0.407 e. The third kappa shape index (κ3) is 6.14. The van der Waals surface area contributed by atoms with Crippen molar-refractivity contribution in [2.75, 3.05) is 6.61 Å². The first-order valence-corrected chi connectivity index (χ1v) is 6.52. The number of ketones is 1. The molecule has 1 aromatic rings. The minimum absolute atomic E-state index is 0.230. The summed E-state index contributed by atoms with van der Waals surface area (Å²) in [6.45, 7) is 1.15. The van der Waals surface area contributed by atoms with E-state index in [1.807, 2.05) is 0 Å². The molecule has 0 aromatic heterocycles. The number of benzene rings is 1. The van der Waals surface area contributed by atoms with Gasteiger partial charge in [0.2, 0.25) is 3.79 Å². The van der Waals surface area contributed by atoms with Crippen LogP contribution in [0.3, 0.4) is 0 Å². The molecule has 0 aliphatic carbocycles. The Bertz CT molecular complexity index is 445. The summed E-state index contributed by atoms with van der Waals surface area (Å²) in [6.07, 6.45) is -0.817. The van der Waals surface area contributed by atoms with Crippen molar-refractivity contribution in [1.82, 2.24) is 5.32 Å². The van der Waals surface area contributed by atoms with Crippen LogP contribution >= 0.6 is 34.8 Å². The Labute approximate surface area is 126 Å². The van der Waals surface area contributed by atoms with E-state index in [0.29, 0.717) is 5.56 Å². The molecule has 1 N–H and O–H groups in total. The molecule has 0 aliphatic heterocycles. The number of alkyl carbamates (subject to hydrolysis) is 1. The number of hydrogen-bond acceptors (Lipinski definition) is 3. The van der Waals surface area contributed by atoms with E-state index in [-0.39, 0.29) is 5.78 Å². The highest BCUT2D eigenvalue weighted by Gasteiger charge is 2.23. The number of carbonyl (C=O) groups excluding carboxylic acids is 2.